The smallest absolute Gasteiger partial charge is 0.212 e. The lowest BCUT2D eigenvalue weighted by Crippen LogP contribution is -2.13. The van der Waals surface area contributed by atoms with Gasteiger partial charge in [0.25, 0.3) is 0 Å². The van der Waals surface area contributed by atoms with Gasteiger partial charge in [-0.05, 0) is 18.2 Å². The van der Waals surface area contributed by atoms with Gasteiger partial charge in [0.05, 0.1) is 14.8 Å². The molecule has 1 aromatic carbocycles. The van der Waals surface area contributed by atoms with Crippen LogP contribution in [0.2, 0.25) is 5.02 Å². The van der Waals surface area contributed by atoms with Crippen LogP contribution in [0.4, 0.5) is 0 Å². The lowest BCUT2D eigenvalue weighted by Gasteiger charge is -2.10. The molecule has 0 atom stereocenters. The van der Waals surface area contributed by atoms with Crippen molar-refractivity contribution in [2.75, 3.05) is 0 Å². The molecule has 1 rings (SSSR count). The largest absolute Gasteiger partial charge is 0.221 e. The van der Waals surface area contributed by atoms with Gasteiger partial charge in [-0.2, -0.15) is 0 Å². The van der Waals surface area contributed by atoms with E-state index in [1.807, 2.05) is 0 Å². The van der Waals surface area contributed by atoms with Crippen LogP contribution in [0.1, 0.15) is 0 Å². The van der Waals surface area contributed by atoms with Crippen LogP contribution in [0.3, 0.4) is 0 Å². The number of sulfone groups is 2. The summed E-state index contributed by atoms with van der Waals surface area (Å²) in [6.07, 6.45) is 0. The van der Waals surface area contributed by atoms with Crippen molar-refractivity contribution >= 4 is 77.7 Å². The molecule has 0 aliphatic heterocycles. The summed E-state index contributed by atoms with van der Waals surface area (Å²) in [5.74, 6) is 0. The van der Waals surface area contributed by atoms with Crippen molar-refractivity contribution in [2.24, 2.45) is 0 Å². The molecule has 0 saturated carbocycles. The fourth-order valence-corrected chi connectivity index (χ4v) is 4.35. The second kappa shape index (κ2) is 6.13. The third-order valence-electron chi connectivity index (χ3n) is 2.01. The van der Waals surface area contributed by atoms with Gasteiger partial charge in [-0.3, -0.25) is 0 Å². The standard InChI is InChI=1S/C8H5Cl5O4S2/c9-5-2-1-4(18(14,15)7(10)11)3-6(5)19(16,17)8(12)13/h1-3,7-8H. The highest BCUT2D eigenvalue weighted by Crippen LogP contribution is 2.32. The van der Waals surface area contributed by atoms with Crippen LogP contribution in [-0.2, 0) is 19.7 Å². The highest BCUT2D eigenvalue weighted by molar-refractivity contribution is 7.95. The molecule has 0 saturated heterocycles. The number of halogens is 5. The van der Waals surface area contributed by atoms with Crippen LogP contribution in [0, 0.1) is 0 Å². The molecule has 0 aromatic heterocycles. The first kappa shape index (κ1) is 17.6. The van der Waals surface area contributed by atoms with Gasteiger partial charge < -0.3 is 0 Å². The van der Waals surface area contributed by atoms with E-state index >= 15 is 0 Å². The Kier molecular flexibility index (Phi) is 5.69. The number of alkyl halides is 4. The average molecular weight is 407 g/mol. The molecule has 4 nitrogen and oxygen atoms in total. The Morgan fingerprint density at radius 3 is 1.74 bits per heavy atom. The van der Waals surface area contributed by atoms with Gasteiger partial charge in [-0.1, -0.05) is 58.0 Å². The molecule has 0 N–H and O–H groups in total. The maximum absolute atomic E-state index is 11.8. The van der Waals surface area contributed by atoms with Crippen molar-refractivity contribution in [3.63, 3.8) is 0 Å². The fourth-order valence-electron chi connectivity index (χ4n) is 1.08. The lowest BCUT2D eigenvalue weighted by atomic mass is 10.4. The second-order valence-corrected chi connectivity index (χ2v) is 10.9. The molecule has 0 unspecified atom stereocenters. The quantitative estimate of drug-likeness (QED) is 0.719. The molecule has 0 radical (unpaired) electrons. The summed E-state index contributed by atoms with van der Waals surface area (Å²) in [4.78, 5) is -0.918. The zero-order chi connectivity index (χ0) is 15.0. The Hall–Kier alpha value is 0.570. The van der Waals surface area contributed by atoms with Crippen LogP contribution >= 0.6 is 58.0 Å². The van der Waals surface area contributed by atoms with Gasteiger partial charge in [0.1, 0.15) is 0 Å². The van der Waals surface area contributed by atoms with E-state index in [0.29, 0.717) is 0 Å². The fraction of sp³-hybridized carbons (Fsp3) is 0.250. The van der Waals surface area contributed by atoms with E-state index in [9.17, 15) is 16.8 Å². The lowest BCUT2D eigenvalue weighted by molar-refractivity contribution is 0.597. The number of rotatable bonds is 4. The minimum absolute atomic E-state index is 0.217. The third kappa shape index (κ3) is 3.61. The van der Waals surface area contributed by atoms with Crippen molar-refractivity contribution in [1.29, 1.82) is 0 Å². The first-order chi connectivity index (χ1) is 8.51. The van der Waals surface area contributed by atoms with E-state index < -0.39 is 37.8 Å². The maximum Gasteiger partial charge on any atom is 0.212 e. The van der Waals surface area contributed by atoms with Gasteiger partial charge in [-0.25, -0.2) is 16.8 Å². The van der Waals surface area contributed by atoms with Gasteiger partial charge >= 0.3 is 0 Å². The van der Waals surface area contributed by atoms with Crippen molar-refractivity contribution in [1.82, 2.24) is 0 Å². The molecule has 0 aliphatic rings. The van der Waals surface area contributed by atoms with E-state index in [0.717, 1.165) is 18.2 Å². The normalized spacial score (nSPS) is 13.2. The van der Waals surface area contributed by atoms with Gasteiger partial charge in [0, 0.05) is 0 Å². The molecule has 1 aromatic rings. The van der Waals surface area contributed by atoms with Crippen LogP contribution in [-0.4, -0.2) is 25.2 Å². The minimum atomic E-state index is -4.17. The van der Waals surface area contributed by atoms with E-state index in [4.69, 9.17) is 58.0 Å². The third-order valence-corrected chi connectivity index (χ3v) is 8.06. The van der Waals surface area contributed by atoms with E-state index in [2.05, 4.69) is 0 Å². The second-order valence-electron chi connectivity index (χ2n) is 3.20. The maximum atomic E-state index is 11.8. The van der Waals surface area contributed by atoms with Crippen LogP contribution < -0.4 is 0 Å². The molecule has 108 valence electrons. The first-order valence-corrected chi connectivity index (χ1v) is 9.56. The molecule has 0 heterocycles. The predicted octanol–water partition coefficient (Wildman–Crippen LogP) is 3.41. The van der Waals surface area contributed by atoms with Crippen LogP contribution in [0.5, 0.6) is 0 Å². The summed E-state index contributed by atoms with van der Waals surface area (Å²) in [6.45, 7) is 0. The summed E-state index contributed by atoms with van der Waals surface area (Å²) in [5, 5.41) is -0.217. The summed E-state index contributed by atoms with van der Waals surface area (Å²) in [5.41, 5.74) is 0. The predicted molar refractivity (Wildman–Crippen MR) is 76.8 cm³/mol. The Balaban J connectivity index is 3.56. The molecule has 0 bridgehead atoms. The van der Waals surface area contributed by atoms with Crippen LogP contribution in [0.25, 0.3) is 0 Å². The molecule has 0 spiro atoms. The molecular weight excluding hydrogens is 401 g/mol. The highest BCUT2D eigenvalue weighted by atomic mass is 35.5. The molecule has 0 amide bonds. The van der Waals surface area contributed by atoms with Crippen molar-refractivity contribution in [3.8, 4) is 0 Å². The van der Waals surface area contributed by atoms with E-state index in [1.54, 1.807) is 0 Å². The summed E-state index contributed by atoms with van der Waals surface area (Å²) in [6, 6.07) is 2.96. The van der Waals surface area contributed by atoms with Crippen molar-refractivity contribution in [3.05, 3.63) is 23.2 Å². The monoisotopic (exact) mass is 404 g/mol. The van der Waals surface area contributed by atoms with Crippen LogP contribution in [0.15, 0.2) is 28.0 Å². The Labute approximate surface area is 135 Å². The Morgan fingerprint density at radius 2 is 1.32 bits per heavy atom. The van der Waals surface area contributed by atoms with Gasteiger partial charge in [-0.15, -0.1) is 0 Å². The molecule has 11 heteroatoms. The van der Waals surface area contributed by atoms with Gasteiger partial charge in [0.2, 0.25) is 28.0 Å². The molecule has 0 fully saturated rings. The summed E-state index contributed by atoms with van der Waals surface area (Å²) in [7, 11) is -8.25. The van der Waals surface area contributed by atoms with Gasteiger partial charge in [0.15, 0.2) is 0 Å². The number of hydrogen-bond acceptors (Lipinski definition) is 4. The zero-order valence-electron chi connectivity index (χ0n) is 8.73. The topological polar surface area (TPSA) is 68.3 Å². The zero-order valence-corrected chi connectivity index (χ0v) is 14.1. The number of hydrogen-bond donors (Lipinski definition) is 0. The molecule has 19 heavy (non-hydrogen) atoms. The minimum Gasteiger partial charge on any atom is -0.221 e. The summed E-state index contributed by atoms with van der Waals surface area (Å²) >= 11 is 27.0. The van der Waals surface area contributed by atoms with Crippen molar-refractivity contribution in [2.45, 2.75) is 18.1 Å². The van der Waals surface area contributed by atoms with Crippen molar-refractivity contribution < 1.29 is 16.8 Å². The molecule has 0 aliphatic carbocycles. The Bertz CT molecular complexity index is 681. The van der Waals surface area contributed by atoms with E-state index in [-0.39, 0.29) is 5.02 Å². The SMILES string of the molecule is O=S(=O)(c1ccc(Cl)c(S(=O)(=O)C(Cl)Cl)c1)C(Cl)Cl. The average Bonchev–Trinajstić information content (AvgIpc) is 2.28. The first-order valence-electron chi connectivity index (χ1n) is 4.35. The molecular formula is C8H5Cl5O4S2. The number of benzene rings is 1. The van der Waals surface area contributed by atoms with E-state index in [1.165, 1.54) is 0 Å². The highest BCUT2D eigenvalue weighted by Gasteiger charge is 2.30. The summed E-state index contributed by atoms with van der Waals surface area (Å²) < 4.78 is 43.5. The Morgan fingerprint density at radius 1 is 0.842 bits per heavy atom.